The van der Waals surface area contributed by atoms with Crippen molar-refractivity contribution in [3.05, 3.63) is 40.6 Å². The molecule has 0 saturated carbocycles. The lowest BCUT2D eigenvalue weighted by Gasteiger charge is -2.06. The van der Waals surface area contributed by atoms with Gasteiger partial charge < -0.3 is 5.32 Å². The van der Waals surface area contributed by atoms with Gasteiger partial charge in [0.1, 0.15) is 11.6 Å². The van der Waals surface area contributed by atoms with Gasteiger partial charge in [0, 0.05) is 0 Å². The third-order valence-corrected chi connectivity index (χ3v) is 4.27. The van der Waals surface area contributed by atoms with Crippen molar-refractivity contribution in [2.24, 2.45) is 0 Å². The lowest BCUT2D eigenvalue weighted by Crippen LogP contribution is -2.03. The van der Waals surface area contributed by atoms with Crippen molar-refractivity contribution in [2.75, 3.05) is 5.32 Å². The molecule has 1 aromatic carbocycles. The Morgan fingerprint density at radius 3 is 2.76 bits per heavy atom. The Bertz CT molecular complexity index is 876. The molecule has 2 aromatic heterocycles. The molecule has 104 valence electrons. The second-order valence-electron chi connectivity index (χ2n) is 4.86. The third kappa shape index (κ3) is 2.43. The molecular formula is C15H13N5S. The van der Waals surface area contributed by atoms with E-state index in [2.05, 4.69) is 39.6 Å². The predicted molar refractivity (Wildman–Crippen MR) is 83.9 cm³/mol. The van der Waals surface area contributed by atoms with Crippen LogP contribution < -0.4 is 5.32 Å². The van der Waals surface area contributed by atoms with E-state index < -0.39 is 0 Å². The molecule has 0 aliphatic rings. The number of fused-ring (bicyclic) bond motifs is 1. The molecule has 1 N–H and O–H groups in total. The van der Waals surface area contributed by atoms with E-state index in [9.17, 15) is 5.26 Å². The second kappa shape index (κ2) is 5.11. The molecule has 6 heteroatoms. The van der Waals surface area contributed by atoms with Gasteiger partial charge in [-0.2, -0.15) is 10.4 Å². The van der Waals surface area contributed by atoms with Gasteiger partial charge >= 0.3 is 0 Å². The maximum absolute atomic E-state index is 9.30. The van der Waals surface area contributed by atoms with Crippen molar-refractivity contribution in [2.45, 2.75) is 20.8 Å². The van der Waals surface area contributed by atoms with Gasteiger partial charge in [0.25, 0.3) is 0 Å². The number of aryl methyl sites for hydroxylation is 2. The summed E-state index contributed by atoms with van der Waals surface area (Å²) in [4.78, 5) is 4.51. The monoisotopic (exact) mass is 295 g/mol. The molecule has 0 amide bonds. The zero-order valence-corrected chi connectivity index (χ0v) is 12.7. The van der Waals surface area contributed by atoms with E-state index in [4.69, 9.17) is 0 Å². The molecule has 5 nitrogen and oxygen atoms in total. The van der Waals surface area contributed by atoms with E-state index in [1.54, 1.807) is 0 Å². The molecule has 3 aromatic rings. The summed E-state index contributed by atoms with van der Waals surface area (Å²) >= 11 is 1.54. The molecule has 0 aliphatic carbocycles. The number of hydrogen-bond donors (Lipinski definition) is 1. The van der Waals surface area contributed by atoms with Crippen LogP contribution in [-0.4, -0.2) is 15.2 Å². The standard InChI is InChI=1S/C15H13N5S/c1-8-4-5-12-13(6-8)21-15(17-12)18-14-11(7-16)9(2)10(3)19-20-14/h4-6H,1-3H3,(H,17,18,20). The molecule has 0 fully saturated rings. The number of thiazole rings is 1. The van der Waals surface area contributed by atoms with Crippen molar-refractivity contribution in [3.63, 3.8) is 0 Å². The molecule has 21 heavy (non-hydrogen) atoms. The average molecular weight is 295 g/mol. The topological polar surface area (TPSA) is 74.5 Å². The molecule has 3 rings (SSSR count). The summed E-state index contributed by atoms with van der Waals surface area (Å²) in [6.07, 6.45) is 0. The highest BCUT2D eigenvalue weighted by Gasteiger charge is 2.13. The van der Waals surface area contributed by atoms with Crippen molar-refractivity contribution < 1.29 is 0 Å². The molecule has 0 atom stereocenters. The van der Waals surface area contributed by atoms with Crippen LogP contribution in [0.1, 0.15) is 22.4 Å². The first-order valence-corrected chi connectivity index (χ1v) is 7.28. The molecular weight excluding hydrogens is 282 g/mol. The number of nitrogens with one attached hydrogen (secondary N) is 1. The molecule has 0 spiro atoms. The molecule has 2 heterocycles. The number of aromatic nitrogens is 3. The third-order valence-electron chi connectivity index (χ3n) is 3.34. The first-order valence-electron chi connectivity index (χ1n) is 6.46. The summed E-state index contributed by atoms with van der Waals surface area (Å²) in [6.45, 7) is 5.76. The fourth-order valence-electron chi connectivity index (χ4n) is 2.02. The normalized spacial score (nSPS) is 10.6. The van der Waals surface area contributed by atoms with Gasteiger partial charge in [-0.1, -0.05) is 17.4 Å². The minimum atomic E-state index is 0.455. The van der Waals surface area contributed by atoms with Crippen molar-refractivity contribution in [3.8, 4) is 6.07 Å². The SMILES string of the molecule is Cc1ccc2nc(Nc3nnc(C)c(C)c3C#N)sc2c1. The fraction of sp³-hybridized carbons (Fsp3) is 0.200. The Kier molecular flexibility index (Phi) is 3.28. The minimum Gasteiger partial charge on any atom is -0.314 e. The van der Waals surface area contributed by atoms with Crippen LogP contribution >= 0.6 is 11.3 Å². The quantitative estimate of drug-likeness (QED) is 0.781. The maximum Gasteiger partial charge on any atom is 0.189 e. The van der Waals surface area contributed by atoms with Crippen LogP contribution in [-0.2, 0) is 0 Å². The Morgan fingerprint density at radius 2 is 2.00 bits per heavy atom. The van der Waals surface area contributed by atoms with Gasteiger partial charge in [-0.05, 0) is 44.0 Å². The van der Waals surface area contributed by atoms with Crippen molar-refractivity contribution in [1.29, 1.82) is 5.26 Å². The smallest absolute Gasteiger partial charge is 0.189 e. The number of hydrogen-bond acceptors (Lipinski definition) is 6. The van der Waals surface area contributed by atoms with Crippen LogP contribution in [0.2, 0.25) is 0 Å². The summed E-state index contributed by atoms with van der Waals surface area (Å²) in [5.74, 6) is 0.455. The number of anilines is 2. The zero-order chi connectivity index (χ0) is 15.0. The Labute approximate surface area is 126 Å². The predicted octanol–water partition coefficient (Wildman–Crippen LogP) is 3.63. The zero-order valence-electron chi connectivity index (χ0n) is 11.9. The van der Waals surface area contributed by atoms with Crippen LogP contribution in [0.5, 0.6) is 0 Å². The molecule has 0 bridgehead atoms. The van der Waals surface area contributed by atoms with E-state index in [0.29, 0.717) is 16.5 Å². The van der Waals surface area contributed by atoms with Crippen LogP contribution in [0.25, 0.3) is 10.2 Å². The summed E-state index contributed by atoms with van der Waals surface area (Å²) in [7, 11) is 0. The Hall–Kier alpha value is -2.52. The molecule has 0 saturated heterocycles. The van der Waals surface area contributed by atoms with Crippen LogP contribution in [0.4, 0.5) is 10.9 Å². The maximum atomic E-state index is 9.30. The van der Waals surface area contributed by atoms with E-state index in [1.165, 1.54) is 16.9 Å². The number of nitriles is 1. The van der Waals surface area contributed by atoms with E-state index in [-0.39, 0.29) is 0 Å². The van der Waals surface area contributed by atoms with E-state index >= 15 is 0 Å². The van der Waals surface area contributed by atoms with E-state index in [1.807, 2.05) is 26.0 Å². The van der Waals surface area contributed by atoms with Crippen LogP contribution in [0.3, 0.4) is 0 Å². The van der Waals surface area contributed by atoms with Crippen LogP contribution in [0.15, 0.2) is 18.2 Å². The Balaban J connectivity index is 2.03. The van der Waals surface area contributed by atoms with Crippen molar-refractivity contribution in [1.82, 2.24) is 15.2 Å². The summed E-state index contributed by atoms with van der Waals surface area (Å²) in [6, 6.07) is 8.29. The average Bonchev–Trinajstić information content (AvgIpc) is 2.84. The summed E-state index contributed by atoms with van der Waals surface area (Å²) in [5.41, 5.74) is 4.24. The van der Waals surface area contributed by atoms with Gasteiger partial charge in [-0.25, -0.2) is 4.98 Å². The number of rotatable bonds is 2. The summed E-state index contributed by atoms with van der Waals surface area (Å²) < 4.78 is 1.10. The first kappa shape index (κ1) is 13.5. The lowest BCUT2D eigenvalue weighted by molar-refractivity contribution is 0.960. The highest BCUT2D eigenvalue weighted by atomic mass is 32.1. The van der Waals surface area contributed by atoms with Crippen molar-refractivity contribution >= 4 is 32.5 Å². The number of nitrogens with zero attached hydrogens (tertiary/aromatic N) is 4. The largest absolute Gasteiger partial charge is 0.314 e. The highest BCUT2D eigenvalue weighted by molar-refractivity contribution is 7.22. The summed E-state index contributed by atoms with van der Waals surface area (Å²) in [5, 5.41) is 21.3. The lowest BCUT2D eigenvalue weighted by atomic mass is 10.1. The number of benzene rings is 1. The van der Waals surface area contributed by atoms with E-state index in [0.717, 1.165) is 21.5 Å². The van der Waals surface area contributed by atoms with Gasteiger partial charge in [0.05, 0.1) is 15.9 Å². The van der Waals surface area contributed by atoms with Gasteiger partial charge in [0.2, 0.25) is 0 Å². The first-order chi connectivity index (χ1) is 10.1. The molecule has 0 aliphatic heterocycles. The van der Waals surface area contributed by atoms with Gasteiger partial charge in [-0.15, -0.1) is 5.10 Å². The Morgan fingerprint density at radius 1 is 1.19 bits per heavy atom. The highest BCUT2D eigenvalue weighted by Crippen LogP contribution is 2.29. The van der Waals surface area contributed by atoms with Gasteiger partial charge in [0.15, 0.2) is 10.9 Å². The molecule has 0 radical (unpaired) electrons. The fourth-order valence-corrected chi connectivity index (χ4v) is 2.98. The van der Waals surface area contributed by atoms with Gasteiger partial charge in [-0.3, -0.25) is 0 Å². The second-order valence-corrected chi connectivity index (χ2v) is 5.89. The molecule has 0 unspecified atom stereocenters. The minimum absolute atomic E-state index is 0.455. The van der Waals surface area contributed by atoms with Crippen LogP contribution in [0, 0.1) is 32.1 Å².